The fourth-order valence-electron chi connectivity index (χ4n) is 7.12. The molecule has 0 bridgehead atoms. The van der Waals surface area contributed by atoms with E-state index in [0.29, 0.717) is 37.1 Å². The first-order valence-corrected chi connectivity index (χ1v) is 14.7. The summed E-state index contributed by atoms with van der Waals surface area (Å²) in [7, 11) is 1.76. The first-order valence-electron chi connectivity index (χ1n) is 14.7. The van der Waals surface area contributed by atoms with E-state index in [1.165, 1.54) is 0 Å². The molecule has 1 aromatic heterocycles. The van der Waals surface area contributed by atoms with E-state index in [0.717, 1.165) is 16.5 Å². The third-order valence-corrected chi connectivity index (χ3v) is 9.14. The van der Waals surface area contributed by atoms with Crippen LogP contribution in [0.15, 0.2) is 10.7 Å². The molecule has 14 nitrogen and oxygen atoms in total. The molecule has 1 amide bonds. The molecule has 0 unspecified atom stereocenters. The first kappa shape index (κ1) is 30.1. The van der Waals surface area contributed by atoms with Gasteiger partial charge < -0.3 is 59.5 Å². The fraction of sp³-hybridized carbons (Fsp3) is 0.655. The topological polar surface area (TPSA) is 209 Å². The lowest BCUT2D eigenvalue weighted by atomic mass is 9.72. The van der Waals surface area contributed by atoms with E-state index in [9.17, 15) is 35.1 Å². The van der Waals surface area contributed by atoms with Gasteiger partial charge in [0, 0.05) is 41.4 Å². The summed E-state index contributed by atoms with van der Waals surface area (Å²) in [5, 5.41) is 57.9. The zero-order chi connectivity index (χ0) is 30.6. The van der Waals surface area contributed by atoms with Crippen LogP contribution in [0.5, 0.6) is 11.5 Å². The predicted molar refractivity (Wildman–Crippen MR) is 146 cm³/mol. The number of ether oxygens (including phenoxy) is 4. The van der Waals surface area contributed by atoms with Gasteiger partial charge in [0.05, 0.1) is 18.8 Å². The van der Waals surface area contributed by atoms with E-state index in [4.69, 9.17) is 23.4 Å². The van der Waals surface area contributed by atoms with E-state index in [2.05, 4.69) is 10.6 Å². The normalized spacial score (nSPS) is 33.2. The van der Waals surface area contributed by atoms with Gasteiger partial charge in [-0.05, 0) is 44.7 Å². The van der Waals surface area contributed by atoms with Crippen LogP contribution >= 0.6 is 0 Å². The first-order chi connectivity index (χ1) is 20.7. The summed E-state index contributed by atoms with van der Waals surface area (Å²) in [6.45, 7) is 3.00. The quantitative estimate of drug-likeness (QED) is 0.104. The zero-order valence-electron chi connectivity index (χ0n) is 23.9. The maximum atomic E-state index is 13.1. The number of amides is 1. The number of carbonyl (C=O) groups is 2. The van der Waals surface area contributed by atoms with Crippen molar-refractivity contribution in [3.05, 3.63) is 23.0 Å². The third kappa shape index (κ3) is 5.04. The minimum absolute atomic E-state index is 0.0613. The van der Waals surface area contributed by atoms with Crippen molar-refractivity contribution in [2.24, 2.45) is 11.8 Å². The van der Waals surface area contributed by atoms with Crippen LogP contribution in [0.1, 0.15) is 48.3 Å². The molecule has 236 valence electrons. The number of rotatable bonds is 9. The molecular weight excluding hydrogens is 568 g/mol. The summed E-state index contributed by atoms with van der Waals surface area (Å²) in [6, 6.07) is 0. The number of fused-ring (bicyclic) bond motifs is 2. The Morgan fingerprint density at radius 3 is 2.65 bits per heavy atom. The van der Waals surface area contributed by atoms with E-state index in [1.54, 1.807) is 20.2 Å². The minimum Gasteiger partial charge on any atom is -0.485 e. The molecular formula is C29H38N2O12. The molecule has 6 rings (SSSR count). The van der Waals surface area contributed by atoms with Gasteiger partial charge in [0.2, 0.25) is 17.9 Å². The fourth-order valence-corrected chi connectivity index (χ4v) is 7.12. The second-order valence-electron chi connectivity index (χ2n) is 11.6. The van der Waals surface area contributed by atoms with Gasteiger partial charge in [0.25, 0.3) is 0 Å². The summed E-state index contributed by atoms with van der Waals surface area (Å²) in [5.41, 5.74) is 2.65. The minimum atomic E-state index is -2.18. The maximum absolute atomic E-state index is 13.1. The Bertz CT molecular complexity index is 1380. The number of hydrogen-bond acceptors (Lipinski definition) is 13. The Hall–Kier alpha value is -2.98. The van der Waals surface area contributed by atoms with Crippen molar-refractivity contribution in [1.82, 2.24) is 10.6 Å². The van der Waals surface area contributed by atoms with Crippen molar-refractivity contribution in [2.75, 3.05) is 33.4 Å². The van der Waals surface area contributed by atoms with Crippen molar-refractivity contribution in [3.8, 4) is 11.5 Å². The Morgan fingerprint density at radius 2 is 1.93 bits per heavy atom. The van der Waals surface area contributed by atoms with Crippen molar-refractivity contribution in [2.45, 2.75) is 75.0 Å². The lowest BCUT2D eigenvalue weighted by molar-refractivity contribution is -0.310. The number of esters is 1. The van der Waals surface area contributed by atoms with E-state index >= 15 is 0 Å². The maximum Gasteiger partial charge on any atom is 0.309 e. The van der Waals surface area contributed by atoms with Gasteiger partial charge in [-0.15, -0.1) is 0 Å². The Labute approximate surface area is 246 Å². The monoisotopic (exact) mass is 606 g/mol. The molecule has 2 aromatic rings. The SMILES string of the molecule is CCOC(=O)[C@@H]1Cc2c(O[C@@H]3O[C@H](C(O)O)[C@@H](O)[C@H](O)[C@H]3O)c(OCCNC)c3occ4c3c2[C@@H](C1)C[C@H]1C(=O)NC[C@H]41. The molecule has 4 aliphatic rings. The van der Waals surface area contributed by atoms with E-state index < -0.39 is 48.9 Å². The van der Waals surface area contributed by atoms with Crippen LogP contribution in [-0.2, 0) is 25.5 Å². The average molecular weight is 607 g/mol. The van der Waals surface area contributed by atoms with E-state index in [-0.39, 0.29) is 54.8 Å². The van der Waals surface area contributed by atoms with Crippen LogP contribution in [0.25, 0.3) is 11.0 Å². The summed E-state index contributed by atoms with van der Waals surface area (Å²) < 4.78 is 29.6. The molecule has 43 heavy (non-hydrogen) atoms. The second-order valence-corrected chi connectivity index (χ2v) is 11.6. The molecule has 14 heteroatoms. The van der Waals surface area contributed by atoms with Crippen LogP contribution in [0, 0.1) is 11.8 Å². The number of furan rings is 1. The van der Waals surface area contributed by atoms with Gasteiger partial charge in [0.1, 0.15) is 31.0 Å². The van der Waals surface area contributed by atoms with Crippen molar-refractivity contribution < 1.29 is 58.5 Å². The van der Waals surface area contributed by atoms with Crippen molar-refractivity contribution >= 4 is 22.8 Å². The van der Waals surface area contributed by atoms with Gasteiger partial charge in [-0.1, -0.05) is 0 Å². The lowest BCUT2D eigenvalue weighted by Gasteiger charge is -2.41. The van der Waals surface area contributed by atoms with Crippen LogP contribution < -0.4 is 20.1 Å². The smallest absolute Gasteiger partial charge is 0.309 e. The molecule has 7 N–H and O–H groups in total. The van der Waals surface area contributed by atoms with Crippen molar-refractivity contribution in [1.29, 1.82) is 0 Å². The summed E-state index contributed by atoms with van der Waals surface area (Å²) in [4.78, 5) is 26.1. The zero-order valence-corrected chi connectivity index (χ0v) is 23.9. The van der Waals surface area contributed by atoms with Gasteiger partial charge in [-0.25, -0.2) is 0 Å². The highest BCUT2D eigenvalue weighted by Crippen LogP contribution is 2.57. The standard InChI is InChI=1S/C29H38N2O12/c1-3-39-28(38)12-6-11-7-13-15(9-31-26(13)35)16-10-41-23-18(16)17(11)14(8-12)22(25(23)40-5-4-30-2)42-29-21(34)19(32)20(33)24(43-29)27(36)37/h10-13,15,19-21,24,27,29-30,32-34,36-37H,3-9H2,1-2H3,(H,31,35)/t11-,12-,13+,15-,19-,20-,21+,24-,29+/m0/s1. The number of hydrogen-bond donors (Lipinski definition) is 7. The highest BCUT2D eigenvalue weighted by molar-refractivity contribution is 5.97. The summed E-state index contributed by atoms with van der Waals surface area (Å²) in [5.74, 6) is -1.49. The molecule has 2 aliphatic heterocycles. The highest BCUT2D eigenvalue weighted by Gasteiger charge is 2.50. The molecule has 0 saturated carbocycles. The lowest BCUT2D eigenvalue weighted by Crippen LogP contribution is -2.62. The molecule has 0 radical (unpaired) electrons. The average Bonchev–Trinajstić information content (AvgIpc) is 3.53. The van der Waals surface area contributed by atoms with E-state index in [1.807, 2.05) is 0 Å². The second kappa shape index (κ2) is 11.8. The highest BCUT2D eigenvalue weighted by atomic mass is 16.7. The predicted octanol–water partition coefficient (Wildman–Crippen LogP) is -1.03. The molecule has 2 saturated heterocycles. The molecule has 2 aliphatic carbocycles. The Kier molecular flexibility index (Phi) is 8.28. The molecule has 2 fully saturated rings. The Balaban J connectivity index is 1.54. The van der Waals surface area contributed by atoms with Crippen LogP contribution in [0.2, 0.25) is 0 Å². The number of nitrogens with one attached hydrogen (secondary N) is 2. The Morgan fingerprint density at radius 1 is 1.14 bits per heavy atom. The summed E-state index contributed by atoms with van der Waals surface area (Å²) in [6.07, 6.45) is -8.22. The van der Waals surface area contributed by atoms with Gasteiger partial charge in [-0.3, -0.25) is 9.59 Å². The molecule has 0 spiro atoms. The molecule has 1 aromatic carbocycles. The number of carbonyl (C=O) groups excluding carboxylic acids is 2. The number of likely N-dealkylation sites (N-methyl/N-ethyl adjacent to an activating group) is 1. The number of benzene rings is 1. The molecule has 9 atom stereocenters. The largest absolute Gasteiger partial charge is 0.485 e. The van der Waals surface area contributed by atoms with Gasteiger partial charge in [-0.2, -0.15) is 0 Å². The van der Waals surface area contributed by atoms with Gasteiger partial charge in [0.15, 0.2) is 17.6 Å². The summed E-state index contributed by atoms with van der Waals surface area (Å²) >= 11 is 0. The van der Waals surface area contributed by atoms with Crippen LogP contribution in [0.3, 0.4) is 0 Å². The molecule has 3 heterocycles. The van der Waals surface area contributed by atoms with Crippen LogP contribution in [0.4, 0.5) is 0 Å². The van der Waals surface area contributed by atoms with Crippen LogP contribution in [-0.4, -0.2) is 108 Å². The van der Waals surface area contributed by atoms with Crippen molar-refractivity contribution in [3.63, 3.8) is 0 Å². The number of aliphatic hydroxyl groups is 5. The number of aliphatic hydroxyl groups excluding tert-OH is 4. The third-order valence-electron chi connectivity index (χ3n) is 9.14. The van der Waals surface area contributed by atoms with Gasteiger partial charge >= 0.3 is 5.97 Å².